The maximum absolute atomic E-state index is 3.30. The Bertz CT molecular complexity index is 65.2. The Kier molecular flexibility index (Phi) is 1.42. The highest BCUT2D eigenvalue weighted by Gasteiger charge is 2.01. The van der Waals surface area contributed by atoms with Crippen molar-refractivity contribution >= 4 is 27.7 Å². The molecule has 0 aromatic heterocycles. The van der Waals surface area contributed by atoms with E-state index in [-0.39, 0.29) is 0 Å². The van der Waals surface area contributed by atoms with Crippen molar-refractivity contribution in [1.82, 2.24) is 5.32 Å². The molecule has 0 aromatic rings. The lowest BCUT2D eigenvalue weighted by atomic mass is 11.0. The van der Waals surface area contributed by atoms with Crippen molar-refractivity contribution in [2.45, 2.75) is 4.28 Å². The van der Waals surface area contributed by atoms with Crippen molar-refractivity contribution in [2.75, 3.05) is 0 Å². The number of halogens is 1. The molecule has 1 atom stereocenters. The Morgan fingerprint density at radius 2 is 2.83 bits per heavy atom. The van der Waals surface area contributed by atoms with Gasteiger partial charge in [0.2, 0.25) is 0 Å². The Balaban J connectivity index is 2.32. The van der Waals surface area contributed by atoms with Crippen molar-refractivity contribution in [3.63, 3.8) is 0 Å². The zero-order valence-corrected chi connectivity index (χ0v) is 5.34. The minimum absolute atomic E-state index is 0.359. The fourth-order valence-electron chi connectivity index (χ4n) is 0.227. The van der Waals surface area contributed by atoms with Gasteiger partial charge in [-0.3, -0.25) is 0 Å². The molecule has 1 aliphatic heterocycles. The van der Waals surface area contributed by atoms with Gasteiger partial charge < -0.3 is 5.32 Å². The van der Waals surface area contributed by atoms with E-state index in [2.05, 4.69) is 26.7 Å². The summed E-state index contributed by atoms with van der Waals surface area (Å²) in [6, 6.07) is 0. The normalized spacial score (nSPS) is 30.5. The van der Waals surface area contributed by atoms with Crippen LogP contribution in [0.3, 0.4) is 0 Å². The first-order chi connectivity index (χ1) is 2.89. The third-order valence-corrected chi connectivity index (χ3v) is 1.87. The molecule has 0 spiro atoms. The molecule has 0 saturated carbocycles. The van der Waals surface area contributed by atoms with Gasteiger partial charge in [-0.1, -0.05) is 27.7 Å². The molecule has 0 aromatic carbocycles. The van der Waals surface area contributed by atoms with Crippen LogP contribution < -0.4 is 5.32 Å². The van der Waals surface area contributed by atoms with Gasteiger partial charge in [0, 0.05) is 11.6 Å². The van der Waals surface area contributed by atoms with E-state index in [1.54, 1.807) is 18.0 Å². The predicted molar refractivity (Wildman–Crippen MR) is 31.3 cm³/mol. The van der Waals surface area contributed by atoms with Gasteiger partial charge in [0.1, 0.15) is 4.28 Å². The number of nitrogens with one attached hydrogen (secondary N) is 1. The minimum atomic E-state index is 0.359. The highest BCUT2D eigenvalue weighted by Crippen LogP contribution is 2.18. The number of hydrogen-bond donors (Lipinski definition) is 1. The molecule has 0 bridgehead atoms. The number of alkyl halides is 1. The van der Waals surface area contributed by atoms with E-state index in [0.717, 1.165) is 0 Å². The van der Waals surface area contributed by atoms with Crippen LogP contribution in [-0.4, -0.2) is 4.28 Å². The van der Waals surface area contributed by atoms with Gasteiger partial charge in [0.05, 0.1) is 0 Å². The molecule has 33 valence electrons. The molecule has 1 rings (SSSR count). The third-order valence-electron chi connectivity index (χ3n) is 0.445. The van der Waals surface area contributed by atoms with E-state index in [1.165, 1.54) is 0 Å². The largest absolute Gasteiger partial charge is 0.369 e. The van der Waals surface area contributed by atoms with Crippen LogP contribution in [0.4, 0.5) is 0 Å². The average Bonchev–Trinajstić information content (AvgIpc) is 1.86. The van der Waals surface area contributed by atoms with Crippen molar-refractivity contribution < 1.29 is 0 Å². The lowest BCUT2D eigenvalue weighted by molar-refractivity contribution is 1.04. The van der Waals surface area contributed by atoms with Crippen LogP contribution >= 0.6 is 27.7 Å². The summed E-state index contributed by atoms with van der Waals surface area (Å²) in [5, 5.41) is 5.87. The summed E-state index contributed by atoms with van der Waals surface area (Å²) in [6.07, 6.45) is 1.80. The number of rotatable bonds is 0. The van der Waals surface area contributed by atoms with Crippen LogP contribution in [0.25, 0.3) is 0 Å². The lowest BCUT2D eigenvalue weighted by Crippen LogP contribution is -2.05. The molecular formula is C3H3BrNS. The fourth-order valence-corrected chi connectivity index (χ4v) is 1.07. The highest BCUT2D eigenvalue weighted by atomic mass is 79.9. The smallest absolute Gasteiger partial charge is 0.133 e. The Morgan fingerprint density at radius 1 is 2.00 bits per heavy atom. The Hall–Kier alpha value is 0.370. The van der Waals surface area contributed by atoms with E-state index in [0.29, 0.717) is 4.28 Å². The summed E-state index contributed by atoms with van der Waals surface area (Å²) in [5.74, 6) is 0. The van der Waals surface area contributed by atoms with Crippen LogP contribution in [-0.2, 0) is 0 Å². The van der Waals surface area contributed by atoms with E-state index < -0.39 is 0 Å². The van der Waals surface area contributed by atoms with Crippen molar-refractivity contribution in [2.24, 2.45) is 0 Å². The molecular weight excluding hydrogens is 162 g/mol. The maximum Gasteiger partial charge on any atom is 0.133 e. The third kappa shape index (κ3) is 0.914. The Labute approximate surface area is 49.3 Å². The van der Waals surface area contributed by atoms with Gasteiger partial charge in [-0.05, 0) is 0 Å². The first-order valence-electron chi connectivity index (χ1n) is 1.52. The van der Waals surface area contributed by atoms with Gasteiger partial charge in [0.15, 0.2) is 0 Å². The molecule has 1 heterocycles. The highest BCUT2D eigenvalue weighted by molar-refractivity contribution is 9.11. The average molecular weight is 165 g/mol. The molecule has 3 heteroatoms. The van der Waals surface area contributed by atoms with E-state index >= 15 is 0 Å². The van der Waals surface area contributed by atoms with E-state index in [9.17, 15) is 0 Å². The van der Waals surface area contributed by atoms with E-state index in [1.807, 2.05) is 0 Å². The topological polar surface area (TPSA) is 12.0 Å². The molecule has 1 nitrogen and oxygen atoms in total. The van der Waals surface area contributed by atoms with E-state index in [4.69, 9.17) is 0 Å². The zero-order valence-electron chi connectivity index (χ0n) is 2.94. The van der Waals surface area contributed by atoms with Crippen LogP contribution in [0.2, 0.25) is 0 Å². The fraction of sp³-hybridized carbons (Fsp3) is 0.333. The summed E-state index contributed by atoms with van der Waals surface area (Å²) < 4.78 is 0.359. The number of hydrogen-bond acceptors (Lipinski definition) is 2. The summed E-state index contributed by atoms with van der Waals surface area (Å²) in [5.41, 5.74) is 0. The van der Waals surface area contributed by atoms with Crippen LogP contribution in [0.5, 0.6) is 0 Å². The lowest BCUT2D eigenvalue weighted by Gasteiger charge is -1.93. The monoisotopic (exact) mass is 164 g/mol. The molecule has 0 fully saturated rings. The Morgan fingerprint density at radius 3 is 3.00 bits per heavy atom. The molecule has 0 aliphatic carbocycles. The molecule has 1 N–H and O–H groups in total. The van der Waals surface area contributed by atoms with Gasteiger partial charge in [-0.2, -0.15) is 0 Å². The number of thioether (sulfide) groups is 1. The second-order valence-electron chi connectivity index (χ2n) is 0.863. The van der Waals surface area contributed by atoms with Gasteiger partial charge in [-0.15, -0.1) is 0 Å². The molecule has 6 heavy (non-hydrogen) atoms. The molecule has 1 radical (unpaired) electrons. The van der Waals surface area contributed by atoms with Crippen LogP contribution in [0.1, 0.15) is 0 Å². The second kappa shape index (κ2) is 1.89. The summed E-state index contributed by atoms with van der Waals surface area (Å²) in [7, 11) is 0. The summed E-state index contributed by atoms with van der Waals surface area (Å²) >= 11 is 4.89. The van der Waals surface area contributed by atoms with Crippen molar-refractivity contribution in [3.05, 3.63) is 11.6 Å². The predicted octanol–water partition coefficient (Wildman–Crippen LogP) is 1.28. The molecule has 0 amide bonds. The van der Waals surface area contributed by atoms with Crippen LogP contribution in [0.15, 0.2) is 6.20 Å². The molecule has 1 unspecified atom stereocenters. The molecule has 1 aliphatic rings. The molecule has 0 saturated heterocycles. The van der Waals surface area contributed by atoms with Gasteiger partial charge in [-0.25, -0.2) is 0 Å². The van der Waals surface area contributed by atoms with Crippen LogP contribution in [0, 0.1) is 5.41 Å². The quantitative estimate of drug-likeness (QED) is 0.428. The van der Waals surface area contributed by atoms with Gasteiger partial charge in [0.25, 0.3) is 0 Å². The SMILES string of the molecule is BrC1NC=[C]S1. The first kappa shape index (κ1) is 4.53. The summed E-state index contributed by atoms with van der Waals surface area (Å²) in [4.78, 5) is 0. The minimum Gasteiger partial charge on any atom is -0.369 e. The van der Waals surface area contributed by atoms with Crippen molar-refractivity contribution in [1.29, 1.82) is 0 Å². The summed E-state index contributed by atoms with van der Waals surface area (Å²) in [6.45, 7) is 0. The first-order valence-corrected chi connectivity index (χ1v) is 3.32. The maximum atomic E-state index is 3.30. The van der Waals surface area contributed by atoms with Gasteiger partial charge >= 0.3 is 0 Å². The van der Waals surface area contributed by atoms with Crippen molar-refractivity contribution in [3.8, 4) is 0 Å². The standard InChI is InChI=1S/C3H3BrNS/c4-3-5-1-2-6-3/h1,3,5H. The second-order valence-corrected chi connectivity index (χ2v) is 3.33. The zero-order chi connectivity index (χ0) is 4.41.